The number of nitrogens with one attached hydrogen (secondary N) is 1. The van der Waals surface area contributed by atoms with Crippen molar-refractivity contribution in [3.05, 3.63) is 64.1 Å². The highest BCUT2D eigenvalue weighted by atomic mass is 35.5. The molecule has 0 radical (unpaired) electrons. The average molecular weight is 455 g/mol. The van der Waals surface area contributed by atoms with E-state index in [2.05, 4.69) is 5.32 Å². The maximum absolute atomic E-state index is 14.3. The molecule has 0 saturated heterocycles. The first kappa shape index (κ1) is 23.5. The number of amides is 1. The molecule has 0 fully saturated rings. The fourth-order valence-corrected chi connectivity index (χ4v) is 3.42. The fourth-order valence-electron chi connectivity index (χ4n) is 3.13. The Bertz CT molecular complexity index is 1120. The third-order valence-corrected chi connectivity index (χ3v) is 5.08. The monoisotopic (exact) mass is 454 g/mol. The fraction of sp³-hybridized carbons (Fsp3) is 0.200. The molecule has 0 unspecified atom stereocenters. The van der Waals surface area contributed by atoms with Crippen molar-refractivity contribution < 1.29 is 28.9 Å². The van der Waals surface area contributed by atoms with E-state index in [1.807, 2.05) is 0 Å². The van der Waals surface area contributed by atoms with Crippen molar-refractivity contribution in [2.75, 3.05) is 13.7 Å². The number of carbonyl (C=O) groups excluding carboxylic acids is 1. The van der Waals surface area contributed by atoms with Gasteiger partial charge in [0.1, 0.15) is 17.3 Å². The predicted octanol–water partition coefficient (Wildman–Crippen LogP) is 3.25. The molecule has 1 amide bonds. The minimum atomic E-state index is -1.28. The van der Waals surface area contributed by atoms with Gasteiger partial charge >= 0.3 is 5.97 Å². The van der Waals surface area contributed by atoms with Crippen molar-refractivity contribution in [2.24, 2.45) is 7.05 Å². The lowest BCUT2D eigenvalue weighted by molar-refractivity contribution is 0.0695. The summed E-state index contributed by atoms with van der Waals surface area (Å²) in [6.07, 6.45) is 0. The number of fused-ring (bicyclic) bond motifs is 1. The van der Waals surface area contributed by atoms with Gasteiger partial charge in [-0.05, 0) is 30.3 Å². The molecule has 0 saturated carbocycles. The molecule has 0 aliphatic heterocycles. The summed E-state index contributed by atoms with van der Waals surface area (Å²) in [5, 5.41) is 22.1. The molecule has 1 heterocycles. The van der Waals surface area contributed by atoms with Gasteiger partial charge in [-0.3, -0.25) is 4.79 Å². The Morgan fingerprint density at radius 3 is 2.53 bits per heavy atom. The van der Waals surface area contributed by atoms with Crippen LogP contribution in [0.4, 0.5) is 4.39 Å². The van der Waals surface area contributed by atoms with Gasteiger partial charge in [-0.15, -0.1) is 0 Å². The summed E-state index contributed by atoms with van der Waals surface area (Å²) < 4.78 is 21.1. The molecule has 3 aromatic rings. The lowest BCUT2D eigenvalue weighted by Gasteiger charge is -2.18. The number of carboxylic acid groups (broad SMARTS) is 1. The number of carboxylic acids is 1. The van der Waals surface area contributed by atoms with Gasteiger partial charge < -0.3 is 24.8 Å². The van der Waals surface area contributed by atoms with Crippen LogP contribution >= 0.6 is 25.1 Å². The van der Waals surface area contributed by atoms with Crippen LogP contribution in [0.2, 0.25) is 5.02 Å². The van der Waals surface area contributed by atoms with Crippen LogP contribution in [0.3, 0.4) is 0 Å². The Balaban J connectivity index is 0.00000320. The van der Waals surface area contributed by atoms with Crippen molar-refractivity contribution in [2.45, 2.75) is 6.04 Å². The second-order valence-corrected chi connectivity index (χ2v) is 6.73. The first-order chi connectivity index (χ1) is 13.8. The van der Waals surface area contributed by atoms with Gasteiger partial charge in [-0.25, -0.2) is 9.18 Å². The molecule has 7 nitrogen and oxygen atoms in total. The van der Waals surface area contributed by atoms with Crippen LogP contribution in [0.5, 0.6) is 5.75 Å². The number of aliphatic hydroxyl groups excluding tert-OH is 1. The van der Waals surface area contributed by atoms with Gasteiger partial charge in [-0.1, -0.05) is 17.7 Å². The molecule has 160 valence electrons. The number of carbonyl (C=O) groups is 2. The number of halogens is 2. The molecule has 0 spiro atoms. The summed E-state index contributed by atoms with van der Waals surface area (Å²) in [6.45, 7) is -0.576. The molecular formula is C20H20ClFN2O5S. The van der Waals surface area contributed by atoms with Crippen molar-refractivity contribution >= 4 is 47.9 Å². The van der Waals surface area contributed by atoms with Crippen molar-refractivity contribution in [1.29, 1.82) is 0 Å². The number of hydrogen-bond acceptors (Lipinski definition) is 4. The molecule has 3 rings (SSSR count). The van der Waals surface area contributed by atoms with Gasteiger partial charge in [0.25, 0.3) is 5.91 Å². The molecule has 30 heavy (non-hydrogen) atoms. The molecular weight excluding hydrogens is 435 g/mol. The third kappa shape index (κ3) is 4.23. The van der Waals surface area contributed by atoms with Crippen LogP contribution in [0, 0.1) is 5.82 Å². The third-order valence-electron chi connectivity index (χ3n) is 4.69. The van der Waals surface area contributed by atoms with Gasteiger partial charge in [0.05, 0.1) is 35.9 Å². The Morgan fingerprint density at radius 2 is 1.97 bits per heavy atom. The standard InChI is InChI=1S/C20H18ClFN2O5.H2S/c1-24-15-5-6-17(29-2)18(21)12(15)8-16(24)19(26)23-14(9-25)11-4-3-10(20(27)28)7-13(11)22;/h3-8,14,25H,9H2,1-2H3,(H,23,26)(H,27,28);1H2/t14-;/m1./s1. The quantitative estimate of drug-likeness (QED) is 0.530. The number of aromatic nitrogens is 1. The minimum Gasteiger partial charge on any atom is -0.495 e. The van der Waals surface area contributed by atoms with E-state index in [-0.39, 0.29) is 30.3 Å². The topological polar surface area (TPSA) is 101 Å². The predicted molar refractivity (Wildman–Crippen MR) is 116 cm³/mol. The molecule has 0 aliphatic rings. The number of aryl methyl sites for hydroxylation is 1. The number of hydrogen-bond donors (Lipinski definition) is 3. The van der Waals surface area contributed by atoms with Crippen LogP contribution in [-0.4, -0.2) is 40.4 Å². The van der Waals surface area contributed by atoms with E-state index >= 15 is 0 Å². The van der Waals surface area contributed by atoms with Crippen LogP contribution < -0.4 is 10.1 Å². The highest BCUT2D eigenvalue weighted by Crippen LogP contribution is 2.34. The number of rotatable bonds is 6. The van der Waals surface area contributed by atoms with E-state index in [0.29, 0.717) is 21.7 Å². The lowest BCUT2D eigenvalue weighted by atomic mass is 10.0. The van der Waals surface area contributed by atoms with Crippen LogP contribution in [-0.2, 0) is 7.05 Å². The molecule has 0 bridgehead atoms. The molecule has 3 N–H and O–H groups in total. The normalized spacial score (nSPS) is 11.6. The zero-order chi connectivity index (χ0) is 21.3. The van der Waals surface area contributed by atoms with Crippen LogP contribution in [0.15, 0.2) is 36.4 Å². The zero-order valence-electron chi connectivity index (χ0n) is 16.1. The summed E-state index contributed by atoms with van der Waals surface area (Å²) in [6, 6.07) is 7.23. The Hall–Kier alpha value is -2.75. The zero-order valence-corrected chi connectivity index (χ0v) is 17.8. The van der Waals surface area contributed by atoms with Gasteiger partial charge in [-0.2, -0.15) is 13.5 Å². The second kappa shape index (κ2) is 9.38. The summed E-state index contributed by atoms with van der Waals surface area (Å²) >= 11 is 6.31. The summed E-state index contributed by atoms with van der Waals surface area (Å²) in [5.41, 5.74) is 0.686. The van der Waals surface area contributed by atoms with E-state index in [0.717, 1.165) is 6.07 Å². The summed E-state index contributed by atoms with van der Waals surface area (Å²) in [7, 11) is 3.16. The average Bonchev–Trinajstić information content (AvgIpc) is 3.04. The number of ether oxygens (including phenoxy) is 1. The SMILES string of the molecule is COc1ccc2c(cc(C(=O)N[C@H](CO)c3ccc(C(=O)O)cc3F)n2C)c1Cl.S. The van der Waals surface area contributed by atoms with E-state index in [1.165, 1.54) is 19.2 Å². The van der Waals surface area contributed by atoms with E-state index in [4.69, 9.17) is 21.4 Å². The van der Waals surface area contributed by atoms with Crippen LogP contribution in [0.1, 0.15) is 32.5 Å². The van der Waals surface area contributed by atoms with Gasteiger partial charge in [0, 0.05) is 18.0 Å². The number of aromatic carboxylic acids is 1. The van der Waals surface area contributed by atoms with Crippen LogP contribution in [0.25, 0.3) is 10.9 Å². The number of aliphatic hydroxyl groups is 1. The van der Waals surface area contributed by atoms with E-state index in [9.17, 15) is 19.1 Å². The van der Waals surface area contributed by atoms with Gasteiger partial charge in [0.15, 0.2) is 0 Å². The summed E-state index contributed by atoms with van der Waals surface area (Å²) in [5.74, 6) is -2.21. The Labute approximate surface area is 183 Å². The summed E-state index contributed by atoms with van der Waals surface area (Å²) in [4.78, 5) is 23.8. The van der Waals surface area contributed by atoms with Gasteiger partial charge in [0.2, 0.25) is 0 Å². The lowest BCUT2D eigenvalue weighted by Crippen LogP contribution is -2.32. The molecule has 0 aliphatic carbocycles. The molecule has 1 atom stereocenters. The first-order valence-corrected chi connectivity index (χ1v) is 8.92. The number of nitrogens with zero attached hydrogens (tertiary/aromatic N) is 1. The first-order valence-electron chi connectivity index (χ1n) is 8.54. The van der Waals surface area contributed by atoms with E-state index < -0.39 is 30.3 Å². The molecule has 1 aromatic heterocycles. The van der Waals surface area contributed by atoms with E-state index in [1.54, 1.807) is 29.8 Å². The van der Waals surface area contributed by atoms with Crippen molar-refractivity contribution in [1.82, 2.24) is 9.88 Å². The number of benzene rings is 2. The number of methoxy groups -OCH3 is 1. The van der Waals surface area contributed by atoms with Crippen molar-refractivity contribution in [3.8, 4) is 5.75 Å². The molecule has 2 aromatic carbocycles. The highest BCUT2D eigenvalue weighted by molar-refractivity contribution is 7.59. The highest BCUT2D eigenvalue weighted by Gasteiger charge is 2.22. The maximum Gasteiger partial charge on any atom is 0.335 e. The smallest absolute Gasteiger partial charge is 0.335 e. The van der Waals surface area contributed by atoms with Crippen molar-refractivity contribution in [3.63, 3.8) is 0 Å². The maximum atomic E-state index is 14.3. The largest absolute Gasteiger partial charge is 0.495 e. The Kier molecular flexibility index (Phi) is 7.35. The Morgan fingerprint density at radius 1 is 1.27 bits per heavy atom. The molecule has 10 heteroatoms. The minimum absolute atomic E-state index is 0. The second-order valence-electron chi connectivity index (χ2n) is 6.35.